The summed E-state index contributed by atoms with van der Waals surface area (Å²) in [6.45, 7) is 3.48. The summed E-state index contributed by atoms with van der Waals surface area (Å²) >= 11 is 5.95. The first-order valence-corrected chi connectivity index (χ1v) is 9.67. The van der Waals surface area contributed by atoms with Crippen molar-refractivity contribution in [1.82, 2.24) is 14.6 Å². The van der Waals surface area contributed by atoms with Crippen LogP contribution in [0.4, 0.5) is 0 Å². The maximum Gasteiger partial charge on any atom is 0.250 e. The van der Waals surface area contributed by atoms with E-state index in [1.54, 1.807) is 6.07 Å². The quantitative estimate of drug-likeness (QED) is 0.692. The Morgan fingerprint density at radius 2 is 1.96 bits per heavy atom. The van der Waals surface area contributed by atoms with Crippen molar-refractivity contribution in [3.63, 3.8) is 0 Å². The summed E-state index contributed by atoms with van der Waals surface area (Å²) in [4.78, 5) is 14.6. The second kappa shape index (κ2) is 6.66. The van der Waals surface area contributed by atoms with Crippen LogP contribution in [0.5, 0.6) is 0 Å². The summed E-state index contributed by atoms with van der Waals surface area (Å²) < 4.78 is 7.54. The van der Waals surface area contributed by atoms with Crippen LogP contribution in [-0.4, -0.2) is 27.7 Å². The smallest absolute Gasteiger partial charge is 0.250 e. The Morgan fingerprint density at radius 3 is 2.81 bits per heavy atom. The van der Waals surface area contributed by atoms with Crippen LogP contribution in [0, 0.1) is 5.92 Å². The van der Waals surface area contributed by atoms with Crippen molar-refractivity contribution in [3.8, 4) is 11.3 Å². The van der Waals surface area contributed by atoms with Crippen molar-refractivity contribution < 1.29 is 4.52 Å². The molecule has 2 aromatic heterocycles. The zero-order valence-electron chi connectivity index (χ0n) is 14.8. The number of fused-ring (bicyclic) bond motifs is 4. The molecule has 2 bridgehead atoms. The van der Waals surface area contributed by atoms with Gasteiger partial charge in [-0.15, -0.1) is 0 Å². The maximum absolute atomic E-state index is 12.1. The normalized spacial score (nSPS) is 21.8. The van der Waals surface area contributed by atoms with Crippen LogP contribution >= 0.6 is 11.6 Å². The lowest BCUT2D eigenvalue weighted by Gasteiger charge is -2.42. The highest BCUT2D eigenvalue weighted by Crippen LogP contribution is 2.35. The van der Waals surface area contributed by atoms with Gasteiger partial charge in [-0.05, 0) is 30.5 Å². The van der Waals surface area contributed by atoms with Crippen LogP contribution in [0.1, 0.15) is 23.8 Å². The van der Waals surface area contributed by atoms with Crippen molar-refractivity contribution in [2.24, 2.45) is 5.92 Å². The Labute approximate surface area is 162 Å². The van der Waals surface area contributed by atoms with Crippen molar-refractivity contribution in [1.29, 1.82) is 0 Å². The first-order chi connectivity index (χ1) is 13.2. The largest absolute Gasteiger partial charge is 0.359 e. The third-order valence-electron chi connectivity index (χ3n) is 5.63. The summed E-state index contributed by atoms with van der Waals surface area (Å²) in [6, 6.07) is 15.3. The lowest BCUT2D eigenvalue weighted by molar-refractivity contribution is 0.105. The molecule has 2 aliphatic heterocycles. The van der Waals surface area contributed by atoms with Gasteiger partial charge in [-0.1, -0.05) is 35.0 Å². The predicted molar refractivity (Wildman–Crippen MR) is 104 cm³/mol. The number of pyridine rings is 1. The number of hydrogen-bond acceptors (Lipinski definition) is 4. The Balaban J connectivity index is 1.33. The standard InChI is InChI=1S/C21H20ClN3O2/c22-17-6-4-15(5-7-17)19-9-18(27-23-19)13-24-10-14-8-16(12-24)20-2-1-3-21(26)25(20)11-14/h1-7,9,14,16H,8,10-13H2/t14-,16+/m0/s1. The number of halogens is 1. The highest BCUT2D eigenvalue weighted by molar-refractivity contribution is 6.30. The minimum absolute atomic E-state index is 0.124. The number of rotatable bonds is 3. The van der Waals surface area contributed by atoms with Crippen molar-refractivity contribution in [2.45, 2.75) is 25.4 Å². The first kappa shape index (κ1) is 16.8. The van der Waals surface area contributed by atoms with Gasteiger partial charge >= 0.3 is 0 Å². The van der Waals surface area contributed by atoms with E-state index >= 15 is 0 Å². The molecule has 3 aromatic rings. The Kier molecular flexibility index (Phi) is 4.14. The summed E-state index contributed by atoms with van der Waals surface area (Å²) in [7, 11) is 0. The van der Waals surface area contributed by atoms with E-state index in [1.807, 2.05) is 41.0 Å². The SMILES string of the molecule is O=c1cccc2n1C[C@H]1C[C@@H]2CN(Cc2cc(-c3ccc(Cl)cc3)no2)C1. The molecule has 0 N–H and O–H groups in total. The molecule has 1 fully saturated rings. The molecule has 2 aliphatic rings. The molecule has 4 heterocycles. The topological polar surface area (TPSA) is 51.3 Å². The van der Waals surface area contributed by atoms with Gasteiger partial charge in [0.25, 0.3) is 5.56 Å². The second-order valence-electron chi connectivity index (χ2n) is 7.58. The molecule has 0 aliphatic carbocycles. The summed E-state index contributed by atoms with van der Waals surface area (Å²) in [6.07, 6.45) is 1.16. The summed E-state index contributed by atoms with van der Waals surface area (Å²) in [5.41, 5.74) is 3.12. The van der Waals surface area contributed by atoms with E-state index in [0.717, 1.165) is 49.6 Å². The molecule has 0 radical (unpaired) electrons. The first-order valence-electron chi connectivity index (χ1n) is 9.29. The highest BCUT2D eigenvalue weighted by Gasteiger charge is 2.34. The van der Waals surface area contributed by atoms with Gasteiger partial charge in [0.05, 0.1) is 6.54 Å². The van der Waals surface area contributed by atoms with E-state index in [2.05, 4.69) is 16.1 Å². The predicted octanol–water partition coefficient (Wildman–Crippen LogP) is 3.78. The number of aromatic nitrogens is 2. The Bertz CT molecular complexity index is 1020. The van der Waals surface area contributed by atoms with Gasteiger partial charge in [0.2, 0.25) is 0 Å². The minimum Gasteiger partial charge on any atom is -0.359 e. The van der Waals surface area contributed by atoms with Crippen molar-refractivity contribution >= 4 is 11.6 Å². The number of hydrogen-bond donors (Lipinski definition) is 0. The number of likely N-dealkylation sites (tertiary alicyclic amines) is 1. The van der Waals surface area contributed by atoms with Crippen LogP contribution in [0.2, 0.25) is 5.02 Å². The van der Waals surface area contributed by atoms with E-state index in [-0.39, 0.29) is 5.56 Å². The third-order valence-corrected chi connectivity index (χ3v) is 5.89. The molecule has 6 heteroatoms. The lowest BCUT2D eigenvalue weighted by atomic mass is 9.83. The zero-order valence-corrected chi connectivity index (χ0v) is 15.6. The van der Waals surface area contributed by atoms with Gasteiger partial charge in [0.1, 0.15) is 5.69 Å². The minimum atomic E-state index is 0.124. The highest BCUT2D eigenvalue weighted by atomic mass is 35.5. The van der Waals surface area contributed by atoms with Crippen molar-refractivity contribution in [3.05, 3.63) is 75.4 Å². The average molecular weight is 382 g/mol. The average Bonchev–Trinajstić information content (AvgIpc) is 3.12. The fourth-order valence-corrected chi connectivity index (χ4v) is 4.62. The molecule has 0 saturated carbocycles. The Morgan fingerprint density at radius 1 is 1.11 bits per heavy atom. The number of benzene rings is 1. The van der Waals surface area contributed by atoms with Gasteiger partial charge in [0.15, 0.2) is 5.76 Å². The molecular formula is C21H20ClN3O2. The zero-order chi connectivity index (χ0) is 18.4. The molecule has 1 aromatic carbocycles. The van der Waals surface area contributed by atoms with Gasteiger partial charge in [-0.3, -0.25) is 9.69 Å². The van der Waals surface area contributed by atoms with Crippen LogP contribution in [0.15, 0.2) is 57.8 Å². The maximum atomic E-state index is 12.1. The van der Waals surface area contributed by atoms with Crippen LogP contribution in [-0.2, 0) is 13.1 Å². The monoisotopic (exact) mass is 381 g/mol. The third kappa shape index (κ3) is 3.22. The molecule has 0 spiro atoms. The van der Waals surface area contributed by atoms with Crippen LogP contribution in [0.25, 0.3) is 11.3 Å². The lowest BCUT2D eigenvalue weighted by Crippen LogP contribution is -2.46. The fourth-order valence-electron chi connectivity index (χ4n) is 4.49. The number of nitrogens with zero attached hydrogens (tertiary/aromatic N) is 3. The van der Waals surface area contributed by atoms with E-state index in [0.29, 0.717) is 16.9 Å². The molecular weight excluding hydrogens is 362 g/mol. The molecule has 5 rings (SSSR count). The van der Waals surface area contributed by atoms with E-state index in [1.165, 1.54) is 5.69 Å². The summed E-state index contributed by atoms with van der Waals surface area (Å²) in [5, 5.41) is 4.92. The fraction of sp³-hybridized carbons (Fsp3) is 0.333. The molecule has 0 unspecified atom stereocenters. The van der Waals surface area contributed by atoms with Gasteiger partial charge in [-0.2, -0.15) is 0 Å². The van der Waals surface area contributed by atoms with E-state index in [4.69, 9.17) is 16.1 Å². The second-order valence-corrected chi connectivity index (χ2v) is 8.01. The van der Waals surface area contributed by atoms with Crippen LogP contribution < -0.4 is 5.56 Å². The molecule has 1 saturated heterocycles. The van der Waals surface area contributed by atoms with E-state index in [9.17, 15) is 4.79 Å². The molecule has 138 valence electrons. The Hall–Kier alpha value is -2.37. The summed E-state index contributed by atoms with van der Waals surface area (Å²) in [5.74, 6) is 1.78. The number of piperidine rings is 1. The molecule has 27 heavy (non-hydrogen) atoms. The molecule has 0 amide bonds. The van der Waals surface area contributed by atoms with Gasteiger partial charge < -0.3 is 9.09 Å². The molecule has 2 atom stereocenters. The van der Waals surface area contributed by atoms with Gasteiger partial charge in [0, 0.05) is 54.0 Å². The van der Waals surface area contributed by atoms with Gasteiger partial charge in [-0.25, -0.2) is 0 Å². The molecule has 5 nitrogen and oxygen atoms in total. The van der Waals surface area contributed by atoms with E-state index < -0.39 is 0 Å². The van der Waals surface area contributed by atoms with Crippen molar-refractivity contribution in [2.75, 3.05) is 13.1 Å². The van der Waals surface area contributed by atoms with Crippen LogP contribution in [0.3, 0.4) is 0 Å².